The Balaban J connectivity index is 1.74. The average Bonchev–Trinajstić information content (AvgIpc) is 3.18. The number of hydrogen-bond donors (Lipinski definition) is 0. The summed E-state index contributed by atoms with van der Waals surface area (Å²) >= 11 is 1.03. The van der Waals surface area contributed by atoms with Gasteiger partial charge in [-0.15, -0.1) is 11.3 Å². The van der Waals surface area contributed by atoms with Gasteiger partial charge in [0.1, 0.15) is 0 Å². The Bertz CT molecular complexity index is 948. The third-order valence-electron chi connectivity index (χ3n) is 4.31. The van der Waals surface area contributed by atoms with E-state index in [1.807, 2.05) is 30.3 Å². The van der Waals surface area contributed by atoms with Crippen molar-refractivity contribution >= 4 is 31.4 Å². The zero-order valence-corrected chi connectivity index (χ0v) is 13.8. The molecule has 118 valence electrons. The summed E-state index contributed by atoms with van der Waals surface area (Å²) in [5.74, 6) is -0.608. The van der Waals surface area contributed by atoms with E-state index in [0.717, 1.165) is 33.6 Å². The largest absolute Gasteiger partial charge is 0.237 e. The van der Waals surface area contributed by atoms with E-state index in [0.29, 0.717) is 11.9 Å². The van der Waals surface area contributed by atoms with Crippen molar-refractivity contribution < 1.29 is 12.8 Å². The van der Waals surface area contributed by atoms with E-state index in [1.165, 1.54) is 0 Å². The van der Waals surface area contributed by atoms with Crippen LogP contribution in [0.3, 0.4) is 0 Å². The lowest BCUT2D eigenvalue weighted by molar-refractivity contribution is 0.362. The number of fused-ring (bicyclic) bond motifs is 2. The first-order valence-electron chi connectivity index (χ1n) is 7.39. The van der Waals surface area contributed by atoms with Gasteiger partial charge in [-0.25, -0.2) is 17.8 Å². The van der Waals surface area contributed by atoms with Crippen molar-refractivity contribution in [3.63, 3.8) is 0 Å². The number of hydrogen-bond acceptors (Lipinski definition) is 4. The van der Waals surface area contributed by atoms with Crippen LogP contribution in [-0.4, -0.2) is 18.9 Å². The third kappa shape index (κ3) is 2.37. The Kier molecular flexibility index (Phi) is 3.46. The van der Waals surface area contributed by atoms with Gasteiger partial charge in [-0.2, -0.15) is 0 Å². The molecule has 2 atom stereocenters. The molecule has 4 rings (SSSR count). The molecule has 1 aliphatic rings. The molecule has 0 spiro atoms. The van der Waals surface area contributed by atoms with Gasteiger partial charge in [0.05, 0.1) is 10.2 Å². The number of benzene rings is 2. The number of aryl methyl sites for hydroxylation is 1. The summed E-state index contributed by atoms with van der Waals surface area (Å²) in [4.78, 5) is 4.12. The van der Waals surface area contributed by atoms with Crippen molar-refractivity contribution in [3.8, 4) is 0 Å². The maximum Gasteiger partial charge on any atom is 0.237 e. The van der Waals surface area contributed by atoms with Crippen LogP contribution in [0.25, 0.3) is 10.2 Å². The molecular weight excluding hydrogens is 333 g/mol. The highest BCUT2D eigenvalue weighted by atomic mass is 32.2. The molecule has 0 amide bonds. The fraction of sp³-hybridized carbons (Fsp3) is 0.235. The predicted molar refractivity (Wildman–Crippen MR) is 89.2 cm³/mol. The van der Waals surface area contributed by atoms with Crippen molar-refractivity contribution in [1.82, 2.24) is 4.98 Å². The highest BCUT2D eigenvalue weighted by molar-refractivity contribution is 7.94. The van der Waals surface area contributed by atoms with E-state index in [1.54, 1.807) is 18.2 Å². The van der Waals surface area contributed by atoms with Gasteiger partial charge in [0.25, 0.3) is 0 Å². The number of nitrogens with zero attached hydrogens (tertiary/aromatic N) is 1. The molecule has 0 saturated heterocycles. The van der Waals surface area contributed by atoms with Gasteiger partial charge in [-0.3, -0.25) is 0 Å². The Morgan fingerprint density at radius 1 is 1.13 bits per heavy atom. The van der Waals surface area contributed by atoms with Gasteiger partial charge in [0, 0.05) is 5.92 Å². The molecule has 1 aromatic heterocycles. The maximum absolute atomic E-state index is 15.0. The van der Waals surface area contributed by atoms with Crippen molar-refractivity contribution in [2.75, 3.05) is 0 Å². The smallest absolute Gasteiger partial charge is 0.229 e. The lowest BCUT2D eigenvalue weighted by Crippen LogP contribution is -2.23. The number of halogens is 1. The van der Waals surface area contributed by atoms with E-state index >= 15 is 0 Å². The summed E-state index contributed by atoms with van der Waals surface area (Å²) < 4.78 is 40.9. The van der Waals surface area contributed by atoms with Gasteiger partial charge in [-0.1, -0.05) is 36.4 Å². The van der Waals surface area contributed by atoms with Crippen molar-refractivity contribution in [1.29, 1.82) is 0 Å². The molecule has 2 unspecified atom stereocenters. The second kappa shape index (κ2) is 5.39. The fourth-order valence-corrected chi connectivity index (χ4v) is 5.99. The first kappa shape index (κ1) is 14.8. The normalized spacial score (nSPS) is 18.9. The van der Waals surface area contributed by atoms with Crippen LogP contribution in [0.5, 0.6) is 0 Å². The van der Waals surface area contributed by atoms with Gasteiger partial charge in [0.2, 0.25) is 19.7 Å². The molecule has 3 nitrogen and oxygen atoms in total. The van der Waals surface area contributed by atoms with Crippen LogP contribution in [0.2, 0.25) is 0 Å². The third-order valence-corrected chi connectivity index (χ3v) is 7.59. The van der Waals surface area contributed by atoms with Gasteiger partial charge in [-0.05, 0) is 36.1 Å². The van der Waals surface area contributed by atoms with Gasteiger partial charge >= 0.3 is 0 Å². The minimum atomic E-state index is -4.09. The van der Waals surface area contributed by atoms with Crippen molar-refractivity contribution in [2.45, 2.75) is 28.6 Å². The Morgan fingerprint density at radius 2 is 1.87 bits per heavy atom. The Morgan fingerprint density at radius 3 is 2.70 bits per heavy atom. The monoisotopic (exact) mass is 347 g/mol. The molecular formula is C17H14FNO2S2. The molecule has 0 N–H and O–H groups in total. The highest BCUT2D eigenvalue weighted by Gasteiger charge is 2.40. The average molecular weight is 347 g/mol. The van der Waals surface area contributed by atoms with Gasteiger partial charge in [0.15, 0.2) is 0 Å². The fourth-order valence-electron chi connectivity index (χ4n) is 3.15. The quantitative estimate of drug-likeness (QED) is 0.717. The van der Waals surface area contributed by atoms with E-state index in [9.17, 15) is 12.8 Å². The summed E-state index contributed by atoms with van der Waals surface area (Å²) in [6.07, 6.45) is 1.24. The van der Waals surface area contributed by atoms with Crippen molar-refractivity contribution in [3.05, 3.63) is 59.7 Å². The van der Waals surface area contributed by atoms with Crippen LogP contribution < -0.4 is 0 Å². The molecule has 6 heteroatoms. The summed E-state index contributed by atoms with van der Waals surface area (Å²) in [7, 11) is -4.09. The molecule has 2 aromatic carbocycles. The van der Waals surface area contributed by atoms with E-state index in [4.69, 9.17) is 0 Å². The SMILES string of the molecule is O=S(=O)(c1nc2ccccc2s1)C(F)C1CCc2ccccc21. The number of thiazole rings is 1. The topological polar surface area (TPSA) is 47.0 Å². The minimum Gasteiger partial charge on any atom is -0.229 e. The summed E-state index contributed by atoms with van der Waals surface area (Å²) in [6, 6.07) is 14.6. The molecule has 1 aliphatic carbocycles. The number of aromatic nitrogens is 1. The second-order valence-corrected chi connectivity index (χ2v) is 8.90. The van der Waals surface area contributed by atoms with Gasteiger partial charge < -0.3 is 0 Å². The number of alkyl halides is 1. The first-order valence-corrected chi connectivity index (χ1v) is 9.75. The molecule has 0 aliphatic heterocycles. The van der Waals surface area contributed by atoms with Crippen LogP contribution in [-0.2, 0) is 16.3 Å². The summed E-state index contributed by atoms with van der Waals surface area (Å²) in [5, 5.41) is 0. The summed E-state index contributed by atoms with van der Waals surface area (Å²) in [5.41, 5.74) is 0.492. The molecule has 0 radical (unpaired) electrons. The lowest BCUT2D eigenvalue weighted by Gasteiger charge is -2.16. The van der Waals surface area contributed by atoms with E-state index in [2.05, 4.69) is 4.98 Å². The second-order valence-electron chi connectivity index (χ2n) is 5.69. The van der Waals surface area contributed by atoms with Crippen LogP contribution in [0, 0.1) is 0 Å². The molecule has 0 fully saturated rings. The first-order chi connectivity index (χ1) is 11.1. The van der Waals surface area contributed by atoms with Crippen molar-refractivity contribution in [2.24, 2.45) is 0 Å². The predicted octanol–water partition coefficient (Wildman–Crippen LogP) is 4.10. The van der Waals surface area contributed by atoms with Crippen LogP contribution in [0.1, 0.15) is 23.5 Å². The zero-order chi connectivity index (χ0) is 16.0. The standard InChI is InChI=1S/C17H14FNO2S2/c18-16(13-10-9-11-5-1-2-6-12(11)13)23(20,21)17-19-14-7-3-4-8-15(14)22-17/h1-8,13,16H,9-10H2. The molecule has 3 aromatic rings. The molecule has 0 saturated carbocycles. The Labute approximate surface area is 137 Å². The molecule has 23 heavy (non-hydrogen) atoms. The lowest BCUT2D eigenvalue weighted by atomic mass is 10.0. The number of para-hydroxylation sites is 1. The van der Waals surface area contributed by atoms with Crippen LogP contribution in [0.15, 0.2) is 52.9 Å². The van der Waals surface area contributed by atoms with E-state index in [-0.39, 0.29) is 4.34 Å². The molecule has 0 bridgehead atoms. The Hall–Kier alpha value is -1.79. The number of rotatable bonds is 3. The van der Waals surface area contributed by atoms with E-state index < -0.39 is 21.3 Å². The summed E-state index contributed by atoms with van der Waals surface area (Å²) in [6.45, 7) is 0. The number of sulfone groups is 1. The van der Waals surface area contributed by atoms with Crippen LogP contribution in [0.4, 0.5) is 4.39 Å². The zero-order valence-electron chi connectivity index (χ0n) is 12.1. The molecule has 1 heterocycles. The maximum atomic E-state index is 15.0. The minimum absolute atomic E-state index is 0.129. The highest BCUT2D eigenvalue weighted by Crippen LogP contribution is 2.41. The van der Waals surface area contributed by atoms with Crippen LogP contribution >= 0.6 is 11.3 Å².